The molecule has 0 spiro atoms. The monoisotopic (exact) mass is 360 g/mol. The summed E-state index contributed by atoms with van der Waals surface area (Å²) in [6, 6.07) is 22.3. The van der Waals surface area contributed by atoms with E-state index in [-0.39, 0.29) is 5.91 Å². The number of nitrogens with zero attached hydrogens (tertiary/aromatic N) is 1. The largest absolute Gasteiger partial charge is 0.331 e. The predicted octanol–water partition coefficient (Wildman–Crippen LogP) is 5.57. The maximum absolute atomic E-state index is 13.0. The van der Waals surface area contributed by atoms with E-state index in [0.717, 1.165) is 27.9 Å². The molecule has 0 unspecified atom stereocenters. The second-order valence-electron chi connectivity index (χ2n) is 6.24. The Morgan fingerprint density at radius 1 is 1.04 bits per heavy atom. The molecule has 2 aromatic carbocycles. The Balaban J connectivity index is 1.70. The Hall–Kier alpha value is -2.85. The average Bonchev–Trinajstić information content (AvgIpc) is 3.26. The highest BCUT2D eigenvalue weighted by Gasteiger charge is 2.17. The highest BCUT2D eigenvalue weighted by molar-refractivity contribution is 7.17. The van der Waals surface area contributed by atoms with Crippen molar-refractivity contribution < 1.29 is 4.79 Å². The molecule has 0 aliphatic heterocycles. The van der Waals surface area contributed by atoms with Gasteiger partial charge in [-0.2, -0.15) is 0 Å². The fourth-order valence-electron chi connectivity index (χ4n) is 3.24. The van der Waals surface area contributed by atoms with E-state index >= 15 is 0 Å². The molecule has 2 heterocycles. The number of hydrogen-bond acceptors (Lipinski definition) is 2. The minimum absolute atomic E-state index is 0.0646. The van der Waals surface area contributed by atoms with Crippen LogP contribution in [0.2, 0.25) is 0 Å². The van der Waals surface area contributed by atoms with Gasteiger partial charge in [-0.25, -0.2) is 0 Å². The van der Waals surface area contributed by atoms with Gasteiger partial charge in [-0.3, -0.25) is 4.79 Å². The van der Waals surface area contributed by atoms with Crippen LogP contribution in [-0.4, -0.2) is 10.5 Å². The molecular weight excluding hydrogens is 340 g/mol. The number of nitrogens with one attached hydrogen (secondary N) is 1. The van der Waals surface area contributed by atoms with Gasteiger partial charge in [-0.1, -0.05) is 55.5 Å². The van der Waals surface area contributed by atoms with Gasteiger partial charge in [0.05, 0.1) is 10.2 Å². The summed E-state index contributed by atoms with van der Waals surface area (Å²) in [6.07, 6.45) is 0.885. The lowest BCUT2D eigenvalue weighted by molar-refractivity contribution is 0.101. The minimum Gasteiger partial charge on any atom is -0.331 e. The third-order valence-electron chi connectivity index (χ3n) is 4.59. The van der Waals surface area contributed by atoms with Crippen molar-refractivity contribution in [3.63, 3.8) is 0 Å². The predicted molar refractivity (Wildman–Crippen MR) is 109 cm³/mol. The molecule has 3 nitrogen and oxygen atoms in total. The molecule has 130 valence electrons. The number of aromatic nitrogens is 1. The summed E-state index contributed by atoms with van der Waals surface area (Å²) in [5, 5.41) is 5.17. The van der Waals surface area contributed by atoms with Crippen molar-refractivity contribution in [2.45, 2.75) is 19.9 Å². The summed E-state index contributed by atoms with van der Waals surface area (Å²) in [5.41, 5.74) is 5.01. The van der Waals surface area contributed by atoms with E-state index in [1.807, 2.05) is 42.5 Å². The Morgan fingerprint density at radius 2 is 1.81 bits per heavy atom. The number of anilines is 1. The second-order valence-corrected chi connectivity index (χ2v) is 7.18. The number of amides is 1. The molecule has 0 radical (unpaired) electrons. The summed E-state index contributed by atoms with van der Waals surface area (Å²) in [5.74, 6) is -0.0646. The highest BCUT2D eigenvalue weighted by Crippen LogP contribution is 2.27. The first-order valence-electron chi connectivity index (χ1n) is 8.76. The van der Waals surface area contributed by atoms with E-state index in [1.54, 1.807) is 11.3 Å². The SMILES string of the molecule is CCc1ccccc1NC(=O)c1cc2sccc2n1Cc1ccccc1. The van der Waals surface area contributed by atoms with Gasteiger partial charge in [-0.05, 0) is 41.1 Å². The molecule has 0 saturated heterocycles. The number of thiophene rings is 1. The molecule has 2 aromatic heterocycles. The zero-order valence-electron chi connectivity index (χ0n) is 14.6. The Kier molecular flexibility index (Phi) is 4.59. The molecule has 26 heavy (non-hydrogen) atoms. The number of hydrogen-bond donors (Lipinski definition) is 1. The van der Waals surface area contributed by atoms with E-state index in [1.165, 1.54) is 5.56 Å². The van der Waals surface area contributed by atoms with Crippen molar-refractivity contribution in [2.24, 2.45) is 0 Å². The van der Waals surface area contributed by atoms with Crippen LogP contribution >= 0.6 is 11.3 Å². The third-order valence-corrected chi connectivity index (χ3v) is 5.44. The van der Waals surface area contributed by atoms with Gasteiger partial charge in [0.1, 0.15) is 5.69 Å². The number of aryl methyl sites for hydroxylation is 1. The van der Waals surface area contributed by atoms with Crippen LogP contribution in [0, 0.1) is 0 Å². The van der Waals surface area contributed by atoms with Crippen LogP contribution in [0.4, 0.5) is 5.69 Å². The zero-order chi connectivity index (χ0) is 17.9. The van der Waals surface area contributed by atoms with E-state index in [4.69, 9.17) is 0 Å². The van der Waals surface area contributed by atoms with E-state index in [9.17, 15) is 4.79 Å². The van der Waals surface area contributed by atoms with Gasteiger partial charge in [0, 0.05) is 12.2 Å². The number of para-hydroxylation sites is 1. The molecule has 1 amide bonds. The van der Waals surface area contributed by atoms with Crippen molar-refractivity contribution in [3.8, 4) is 0 Å². The molecular formula is C22H20N2OS. The summed E-state index contributed by atoms with van der Waals surface area (Å²) in [4.78, 5) is 13.0. The lowest BCUT2D eigenvalue weighted by Crippen LogP contribution is -2.18. The van der Waals surface area contributed by atoms with Crippen LogP contribution in [0.1, 0.15) is 28.5 Å². The van der Waals surface area contributed by atoms with Crippen molar-refractivity contribution in [1.29, 1.82) is 0 Å². The van der Waals surface area contributed by atoms with Gasteiger partial charge in [0.2, 0.25) is 0 Å². The standard InChI is InChI=1S/C22H20N2OS/c1-2-17-10-6-7-11-18(17)23-22(25)20-14-21-19(12-13-26-21)24(20)15-16-8-4-3-5-9-16/h3-14H,2,15H2,1H3,(H,23,25). The molecule has 0 bridgehead atoms. The first kappa shape index (κ1) is 16.6. The summed E-state index contributed by atoms with van der Waals surface area (Å²) < 4.78 is 3.24. The van der Waals surface area contributed by atoms with E-state index < -0.39 is 0 Å². The molecule has 1 N–H and O–H groups in total. The molecule has 4 heteroatoms. The number of fused-ring (bicyclic) bond motifs is 1. The quantitative estimate of drug-likeness (QED) is 0.496. The molecule has 4 aromatic rings. The summed E-state index contributed by atoms with van der Waals surface area (Å²) >= 11 is 1.66. The van der Waals surface area contributed by atoms with Crippen LogP contribution in [-0.2, 0) is 13.0 Å². The maximum Gasteiger partial charge on any atom is 0.272 e. The number of rotatable bonds is 5. The normalized spacial score (nSPS) is 11.0. The second kappa shape index (κ2) is 7.18. The van der Waals surface area contributed by atoms with Crippen molar-refractivity contribution >= 4 is 33.1 Å². The van der Waals surface area contributed by atoms with Crippen LogP contribution in [0.25, 0.3) is 10.2 Å². The van der Waals surface area contributed by atoms with Gasteiger partial charge in [0.25, 0.3) is 5.91 Å². The first-order chi connectivity index (χ1) is 12.8. The van der Waals surface area contributed by atoms with Crippen molar-refractivity contribution in [1.82, 2.24) is 4.57 Å². The molecule has 0 atom stereocenters. The van der Waals surface area contributed by atoms with Crippen LogP contribution in [0.15, 0.2) is 72.1 Å². The lowest BCUT2D eigenvalue weighted by Gasteiger charge is -2.13. The van der Waals surface area contributed by atoms with Crippen LogP contribution < -0.4 is 5.32 Å². The zero-order valence-corrected chi connectivity index (χ0v) is 15.4. The molecule has 4 rings (SSSR count). The van der Waals surface area contributed by atoms with Gasteiger partial charge >= 0.3 is 0 Å². The smallest absolute Gasteiger partial charge is 0.272 e. The molecule has 0 saturated carbocycles. The van der Waals surface area contributed by atoms with Gasteiger partial charge in [-0.15, -0.1) is 11.3 Å². The maximum atomic E-state index is 13.0. The van der Waals surface area contributed by atoms with Crippen molar-refractivity contribution in [2.75, 3.05) is 5.32 Å². The fraction of sp³-hybridized carbons (Fsp3) is 0.136. The van der Waals surface area contributed by atoms with E-state index in [0.29, 0.717) is 12.2 Å². The van der Waals surface area contributed by atoms with Crippen LogP contribution in [0.5, 0.6) is 0 Å². The average molecular weight is 360 g/mol. The third kappa shape index (κ3) is 3.16. The van der Waals surface area contributed by atoms with Gasteiger partial charge in [0.15, 0.2) is 0 Å². The summed E-state index contributed by atoms with van der Waals surface area (Å²) in [6.45, 7) is 2.78. The van der Waals surface area contributed by atoms with E-state index in [2.05, 4.69) is 46.5 Å². The molecule has 0 fully saturated rings. The number of carbonyl (C=O) groups excluding carboxylic acids is 1. The van der Waals surface area contributed by atoms with Gasteiger partial charge < -0.3 is 9.88 Å². The highest BCUT2D eigenvalue weighted by atomic mass is 32.1. The number of carbonyl (C=O) groups is 1. The molecule has 0 aliphatic rings. The Morgan fingerprint density at radius 3 is 2.62 bits per heavy atom. The number of benzene rings is 2. The Bertz CT molecular complexity index is 1050. The van der Waals surface area contributed by atoms with Crippen molar-refractivity contribution in [3.05, 3.63) is 88.9 Å². The van der Waals surface area contributed by atoms with Crippen LogP contribution in [0.3, 0.4) is 0 Å². The fourth-order valence-corrected chi connectivity index (χ4v) is 4.06. The molecule has 0 aliphatic carbocycles. The summed E-state index contributed by atoms with van der Waals surface area (Å²) in [7, 11) is 0. The lowest BCUT2D eigenvalue weighted by atomic mass is 10.1. The first-order valence-corrected chi connectivity index (χ1v) is 9.64. The minimum atomic E-state index is -0.0646. The Labute approximate surface area is 156 Å². The topological polar surface area (TPSA) is 34.0 Å².